The minimum atomic E-state index is -0.0593. The molecule has 1 aliphatic carbocycles. The van der Waals surface area contributed by atoms with Gasteiger partial charge in [-0.25, -0.2) is 0 Å². The van der Waals surface area contributed by atoms with Gasteiger partial charge >= 0.3 is 5.97 Å². The van der Waals surface area contributed by atoms with Crippen molar-refractivity contribution in [3.8, 4) is 0 Å². The van der Waals surface area contributed by atoms with Crippen LogP contribution >= 0.6 is 0 Å². The van der Waals surface area contributed by atoms with Crippen LogP contribution in [-0.4, -0.2) is 12.6 Å². The largest absolute Gasteiger partial charge is 0.461 e. The van der Waals surface area contributed by atoms with E-state index in [-0.39, 0.29) is 5.97 Å². The Labute approximate surface area is 98.4 Å². The van der Waals surface area contributed by atoms with E-state index in [1.165, 1.54) is 12.8 Å². The van der Waals surface area contributed by atoms with Crippen molar-refractivity contribution in [3.63, 3.8) is 0 Å². The van der Waals surface area contributed by atoms with Crippen LogP contribution < -0.4 is 0 Å². The van der Waals surface area contributed by atoms with Crippen molar-refractivity contribution in [1.82, 2.24) is 0 Å². The summed E-state index contributed by atoms with van der Waals surface area (Å²) in [6, 6.07) is 0. The van der Waals surface area contributed by atoms with Crippen molar-refractivity contribution in [2.45, 2.75) is 51.9 Å². The molecule has 0 aliphatic heterocycles. The summed E-state index contributed by atoms with van der Waals surface area (Å²) in [6.45, 7) is 2.61. The molecule has 0 spiro atoms. The first kappa shape index (κ1) is 13.0. The molecule has 2 nitrogen and oxygen atoms in total. The minimum absolute atomic E-state index is 0.0593. The van der Waals surface area contributed by atoms with E-state index in [1.54, 1.807) is 0 Å². The van der Waals surface area contributed by atoms with Gasteiger partial charge in [0.05, 0.1) is 0 Å². The highest BCUT2D eigenvalue weighted by Crippen LogP contribution is 2.10. The van der Waals surface area contributed by atoms with Crippen LogP contribution in [0.2, 0.25) is 0 Å². The van der Waals surface area contributed by atoms with Gasteiger partial charge < -0.3 is 4.74 Å². The molecule has 2 heteroatoms. The van der Waals surface area contributed by atoms with E-state index in [0.29, 0.717) is 13.0 Å². The summed E-state index contributed by atoms with van der Waals surface area (Å²) >= 11 is 0. The second-order valence-corrected chi connectivity index (χ2v) is 4.23. The van der Waals surface area contributed by atoms with Crippen molar-refractivity contribution in [3.05, 3.63) is 23.8 Å². The second-order valence-electron chi connectivity index (χ2n) is 4.23. The molecule has 0 radical (unpaired) electrons. The molecule has 0 aromatic rings. The monoisotopic (exact) mass is 222 g/mol. The summed E-state index contributed by atoms with van der Waals surface area (Å²) in [4.78, 5) is 11.4. The van der Waals surface area contributed by atoms with Gasteiger partial charge in [-0.05, 0) is 24.8 Å². The average molecular weight is 222 g/mol. The summed E-state index contributed by atoms with van der Waals surface area (Å²) in [6.07, 6.45) is 13.6. The first-order valence-electron chi connectivity index (χ1n) is 6.34. The Kier molecular flexibility index (Phi) is 6.62. The van der Waals surface area contributed by atoms with E-state index in [4.69, 9.17) is 4.74 Å². The summed E-state index contributed by atoms with van der Waals surface area (Å²) in [5, 5.41) is 0. The van der Waals surface area contributed by atoms with Gasteiger partial charge in [0.15, 0.2) is 0 Å². The van der Waals surface area contributed by atoms with Crippen LogP contribution in [-0.2, 0) is 9.53 Å². The van der Waals surface area contributed by atoms with Gasteiger partial charge in [-0.15, -0.1) is 0 Å². The smallest absolute Gasteiger partial charge is 0.306 e. The zero-order chi connectivity index (χ0) is 11.6. The summed E-state index contributed by atoms with van der Waals surface area (Å²) in [5.74, 6) is -0.0593. The molecular weight excluding hydrogens is 200 g/mol. The lowest BCUT2D eigenvalue weighted by Gasteiger charge is -2.08. The maximum absolute atomic E-state index is 11.4. The second kappa shape index (κ2) is 8.14. The number of ether oxygens (including phenoxy) is 1. The fraction of sp³-hybridized carbons (Fsp3) is 0.643. The number of rotatable bonds is 7. The fourth-order valence-corrected chi connectivity index (χ4v) is 1.71. The molecule has 0 aromatic heterocycles. The molecule has 0 bridgehead atoms. The van der Waals surface area contributed by atoms with Crippen LogP contribution in [0.1, 0.15) is 51.9 Å². The molecule has 0 heterocycles. The Balaban J connectivity index is 2.05. The number of esters is 1. The van der Waals surface area contributed by atoms with Crippen LogP contribution in [0.4, 0.5) is 0 Å². The number of allylic oxidation sites excluding steroid dienone is 2. The van der Waals surface area contributed by atoms with E-state index >= 15 is 0 Å². The van der Waals surface area contributed by atoms with Gasteiger partial charge in [-0.1, -0.05) is 44.4 Å². The summed E-state index contributed by atoms with van der Waals surface area (Å²) in [5.41, 5.74) is 1.13. The predicted octanol–water partition coefficient (Wildman–Crippen LogP) is 3.78. The zero-order valence-corrected chi connectivity index (χ0v) is 10.2. The first-order valence-corrected chi connectivity index (χ1v) is 6.34. The summed E-state index contributed by atoms with van der Waals surface area (Å²) < 4.78 is 5.20. The number of carbonyl (C=O) groups is 1. The van der Waals surface area contributed by atoms with Crippen LogP contribution in [0.25, 0.3) is 0 Å². The number of hydrogen-bond acceptors (Lipinski definition) is 2. The Hall–Kier alpha value is -1.05. The summed E-state index contributed by atoms with van der Waals surface area (Å²) in [7, 11) is 0. The lowest BCUT2D eigenvalue weighted by atomic mass is 10.1. The molecule has 0 saturated carbocycles. The van der Waals surface area contributed by atoms with Crippen molar-refractivity contribution in [1.29, 1.82) is 0 Å². The van der Waals surface area contributed by atoms with Gasteiger partial charge in [-0.3, -0.25) is 4.79 Å². The molecular formula is C14H22O2. The maximum Gasteiger partial charge on any atom is 0.306 e. The normalized spacial score (nSPS) is 14.7. The Morgan fingerprint density at radius 3 is 2.88 bits per heavy atom. The lowest BCUT2D eigenvalue weighted by molar-refractivity contribution is -0.142. The van der Waals surface area contributed by atoms with E-state index in [9.17, 15) is 4.79 Å². The molecule has 1 rings (SSSR count). The third-order valence-electron chi connectivity index (χ3n) is 2.71. The van der Waals surface area contributed by atoms with Crippen molar-refractivity contribution < 1.29 is 9.53 Å². The van der Waals surface area contributed by atoms with Crippen LogP contribution in [0.15, 0.2) is 23.8 Å². The lowest BCUT2D eigenvalue weighted by Crippen LogP contribution is -2.07. The van der Waals surface area contributed by atoms with E-state index < -0.39 is 0 Å². The van der Waals surface area contributed by atoms with E-state index in [0.717, 1.165) is 31.3 Å². The zero-order valence-electron chi connectivity index (χ0n) is 10.2. The van der Waals surface area contributed by atoms with E-state index in [1.807, 2.05) is 6.08 Å². The Morgan fingerprint density at radius 2 is 2.19 bits per heavy atom. The predicted molar refractivity (Wildman–Crippen MR) is 66.2 cm³/mol. The highest BCUT2D eigenvalue weighted by molar-refractivity contribution is 5.69. The van der Waals surface area contributed by atoms with Gasteiger partial charge in [0.2, 0.25) is 0 Å². The fourth-order valence-electron chi connectivity index (χ4n) is 1.71. The molecule has 0 fully saturated rings. The molecule has 0 atom stereocenters. The van der Waals surface area contributed by atoms with Crippen LogP contribution in [0.3, 0.4) is 0 Å². The molecule has 1 aliphatic rings. The third-order valence-corrected chi connectivity index (χ3v) is 2.71. The average Bonchev–Trinajstić information content (AvgIpc) is 2.33. The van der Waals surface area contributed by atoms with Crippen molar-refractivity contribution >= 4 is 5.97 Å². The Morgan fingerprint density at radius 1 is 1.31 bits per heavy atom. The topological polar surface area (TPSA) is 26.3 Å². The maximum atomic E-state index is 11.4. The molecule has 16 heavy (non-hydrogen) atoms. The highest BCUT2D eigenvalue weighted by Gasteiger charge is 2.04. The van der Waals surface area contributed by atoms with Gasteiger partial charge in [0.1, 0.15) is 6.61 Å². The van der Waals surface area contributed by atoms with Gasteiger partial charge in [-0.2, -0.15) is 0 Å². The molecule has 0 N–H and O–H groups in total. The number of hydrogen-bond donors (Lipinski definition) is 0. The van der Waals surface area contributed by atoms with Gasteiger partial charge in [0.25, 0.3) is 0 Å². The number of carbonyl (C=O) groups excluding carboxylic acids is 1. The third kappa shape index (κ3) is 5.74. The molecule has 0 saturated heterocycles. The quantitative estimate of drug-likeness (QED) is 0.484. The Bertz CT molecular complexity index is 264. The highest BCUT2D eigenvalue weighted by atomic mass is 16.5. The minimum Gasteiger partial charge on any atom is -0.461 e. The molecule has 90 valence electrons. The standard InChI is InChI=1S/C14H22O2/c1-2-3-4-8-11-14(15)16-12-13-9-6-5-7-10-13/h6,9-10H,2-5,7-8,11-12H2,1H3. The van der Waals surface area contributed by atoms with Crippen LogP contribution in [0.5, 0.6) is 0 Å². The van der Waals surface area contributed by atoms with Crippen LogP contribution in [0, 0.1) is 0 Å². The first-order chi connectivity index (χ1) is 7.83. The molecule has 0 amide bonds. The SMILES string of the molecule is CCCCCCC(=O)OCC1=CCCC=C1. The molecule has 0 aromatic carbocycles. The van der Waals surface area contributed by atoms with E-state index in [2.05, 4.69) is 19.1 Å². The van der Waals surface area contributed by atoms with Crippen molar-refractivity contribution in [2.75, 3.05) is 6.61 Å². The number of unbranched alkanes of at least 4 members (excludes halogenated alkanes) is 3. The molecule has 0 unspecified atom stereocenters. The van der Waals surface area contributed by atoms with Crippen molar-refractivity contribution in [2.24, 2.45) is 0 Å². The van der Waals surface area contributed by atoms with Gasteiger partial charge in [0, 0.05) is 6.42 Å².